The molecule has 0 N–H and O–H groups in total. The van der Waals surface area contributed by atoms with Crippen LogP contribution in [0.4, 0.5) is 4.39 Å². The van der Waals surface area contributed by atoms with Crippen molar-refractivity contribution in [3.63, 3.8) is 0 Å². The molecule has 2 nitrogen and oxygen atoms in total. The van der Waals surface area contributed by atoms with Crippen molar-refractivity contribution < 1.29 is 9.18 Å². The van der Waals surface area contributed by atoms with Crippen molar-refractivity contribution in [2.24, 2.45) is 0 Å². The molecule has 3 rings (SSSR count). The highest BCUT2D eigenvalue weighted by Gasteiger charge is 2.16. The number of aryl methyl sites for hydroxylation is 1. The van der Waals surface area contributed by atoms with Crippen LogP contribution in [0.3, 0.4) is 0 Å². The van der Waals surface area contributed by atoms with Gasteiger partial charge in [-0.15, -0.1) is 0 Å². The predicted molar refractivity (Wildman–Crippen MR) is 84.0 cm³/mol. The number of aromatic nitrogens is 1. The molecule has 0 saturated heterocycles. The zero-order chi connectivity index (χ0) is 15.0. The summed E-state index contributed by atoms with van der Waals surface area (Å²) in [4.78, 5) is 16.8. The van der Waals surface area contributed by atoms with Gasteiger partial charge in [0.2, 0.25) is 0 Å². The minimum absolute atomic E-state index is 0.0591. The van der Waals surface area contributed by atoms with Gasteiger partial charge in [-0.3, -0.25) is 9.78 Å². The van der Waals surface area contributed by atoms with Gasteiger partial charge in [-0.25, -0.2) is 4.39 Å². The van der Waals surface area contributed by atoms with Gasteiger partial charge in [0, 0.05) is 16.6 Å². The summed E-state index contributed by atoms with van der Waals surface area (Å²) < 4.78 is 14.3. The maximum Gasteiger partial charge on any atom is 0.196 e. The van der Waals surface area contributed by atoms with Gasteiger partial charge in [0.15, 0.2) is 5.78 Å². The van der Waals surface area contributed by atoms with E-state index in [0.29, 0.717) is 5.56 Å². The number of fused-ring (bicyclic) bond motifs is 1. The van der Waals surface area contributed by atoms with Crippen molar-refractivity contribution in [1.82, 2.24) is 4.98 Å². The van der Waals surface area contributed by atoms with Crippen molar-refractivity contribution in [3.05, 3.63) is 75.6 Å². The lowest BCUT2D eigenvalue weighted by Gasteiger charge is -2.06. The van der Waals surface area contributed by atoms with Gasteiger partial charge in [-0.2, -0.15) is 0 Å². The number of hydrogen-bond acceptors (Lipinski definition) is 2. The summed E-state index contributed by atoms with van der Waals surface area (Å²) in [5.41, 5.74) is 2.25. The van der Waals surface area contributed by atoms with E-state index >= 15 is 0 Å². The minimum atomic E-state index is -0.537. The molecule has 0 fully saturated rings. The Morgan fingerprint density at radius 1 is 1.14 bits per heavy atom. The number of pyridine rings is 1. The topological polar surface area (TPSA) is 30.0 Å². The highest BCUT2D eigenvalue weighted by atomic mass is 79.9. The molecule has 0 radical (unpaired) electrons. The molecule has 0 unspecified atom stereocenters. The zero-order valence-electron chi connectivity index (χ0n) is 11.2. The van der Waals surface area contributed by atoms with E-state index in [1.807, 2.05) is 19.1 Å². The Kier molecular flexibility index (Phi) is 3.55. The molecule has 0 aliphatic heterocycles. The van der Waals surface area contributed by atoms with Crippen LogP contribution in [0.2, 0.25) is 0 Å². The predicted octanol–water partition coefficient (Wildman–Crippen LogP) is 4.68. The minimum Gasteiger partial charge on any atom is -0.288 e. The van der Waals surface area contributed by atoms with E-state index in [0.717, 1.165) is 16.6 Å². The second kappa shape index (κ2) is 5.37. The van der Waals surface area contributed by atoms with E-state index in [4.69, 9.17) is 0 Å². The molecule has 0 saturated carbocycles. The van der Waals surface area contributed by atoms with Crippen molar-refractivity contribution >= 4 is 32.6 Å². The first-order chi connectivity index (χ1) is 10.1. The smallest absolute Gasteiger partial charge is 0.196 e. The van der Waals surface area contributed by atoms with Gasteiger partial charge >= 0.3 is 0 Å². The number of halogens is 2. The van der Waals surface area contributed by atoms with E-state index in [9.17, 15) is 9.18 Å². The molecule has 2 aromatic carbocycles. The summed E-state index contributed by atoms with van der Waals surface area (Å²) in [6, 6.07) is 13.7. The van der Waals surface area contributed by atoms with Crippen LogP contribution >= 0.6 is 15.9 Å². The van der Waals surface area contributed by atoms with Gasteiger partial charge in [0.1, 0.15) is 5.82 Å². The average Bonchev–Trinajstić information content (AvgIpc) is 2.49. The second-order valence-electron chi connectivity index (χ2n) is 4.79. The average molecular weight is 344 g/mol. The third-order valence-electron chi connectivity index (χ3n) is 3.29. The summed E-state index contributed by atoms with van der Waals surface area (Å²) in [5, 5.41) is 0.863. The number of benzene rings is 2. The fourth-order valence-corrected chi connectivity index (χ4v) is 2.57. The molecule has 0 spiro atoms. The Hall–Kier alpha value is -2.07. The lowest BCUT2D eigenvalue weighted by atomic mass is 10.0. The van der Waals surface area contributed by atoms with Gasteiger partial charge in [0.25, 0.3) is 0 Å². The summed E-state index contributed by atoms with van der Waals surface area (Å²) in [6.45, 7) is 1.91. The van der Waals surface area contributed by atoms with Crippen LogP contribution in [0.15, 0.2) is 53.0 Å². The van der Waals surface area contributed by atoms with Gasteiger partial charge in [0.05, 0.1) is 15.6 Å². The monoisotopic (exact) mass is 343 g/mol. The van der Waals surface area contributed by atoms with E-state index in [2.05, 4.69) is 20.9 Å². The standard InChI is InChI=1S/C17H11BrFNO/c1-10-5-6-11-9-12(7-8-15(11)20-10)17(21)13-3-2-4-14(18)16(13)19/h2-9H,1H3. The van der Waals surface area contributed by atoms with Gasteiger partial charge < -0.3 is 0 Å². The van der Waals surface area contributed by atoms with Crippen LogP contribution in [0.1, 0.15) is 21.6 Å². The number of nitrogens with zero attached hydrogens (tertiary/aromatic N) is 1. The molecule has 104 valence electrons. The van der Waals surface area contributed by atoms with E-state index in [-0.39, 0.29) is 15.8 Å². The highest BCUT2D eigenvalue weighted by Crippen LogP contribution is 2.23. The van der Waals surface area contributed by atoms with Crippen molar-refractivity contribution in [2.45, 2.75) is 6.92 Å². The Labute approximate surface area is 129 Å². The molecule has 21 heavy (non-hydrogen) atoms. The molecule has 0 aliphatic carbocycles. The largest absolute Gasteiger partial charge is 0.288 e. The summed E-state index contributed by atoms with van der Waals surface area (Å²) in [5.74, 6) is -0.874. The van der Waals surface area contributed by atoms with E-state index in [1.165, 1.54) is 6.07 Å². The Bertz CT molecular complexity index is 861. The van der Waals surface area contributed by atoms with E-state index in [1.54, 1.807) is 30.3 Å². The van der Waals surface area contributed by atoms with Crippen molar-refractivity contribution in [2.75, 3.05) is 0 Å². The Morgan fingerprint density at radius 2 is 1.95 bits per heavy atom. The molecule has 1 heterocycles. The second-order valence-corrected chi connectivity index (χ2v) is 5.64. The fraction of sp³-hybridized carbons (Fsp3) is 0.0588. The Balaban J connectivity index is 2.09. The molecular weight excluding hydrogens is 333 g/mol. The van der Waals surface area contributed by atoms with Crippen molar-refractivity contribution in [1.29, 1.82) is 0 Å². The number of hydrogen-bond donors (Lipinski definition) is 0. The number of ketones is 1. The van der Waals surface area contributed by atoms with Crippen LogP contribution in [-0.4, -0.2) is 10.8 Å². The number of carbonyl (C=O) groups excluding carboxylic acids is 1. The lowest BCUT2D eigenvalue weighted by Crippen LogP contribution is -2.04. The molecular formula is C17H11BrFNO. The Morgan fingerprint density at radius 3 is 2.76 bits per heavy atom. The number of rotatable bonds is 2. The first kappa shape index (κ1) is 13.9. The molecule has 1 aromatic heterocycles. The third-order valence-corrected chi connectivity index (χ3v) is 3.90. The normalized spacial score (nSPS) is 10.8. The lowest BCUT2D eigenvalue weighted by molar-refractivity contribution is 0.103. The molecule has 0 bridgehead atoms. The van der Waals surface area contributed by atoms with Crippen LogP contribution in [0.5, 0.6) is 0 Å². The van der Waals surface area contributed by atoms with Gasteiger partial charge in [-0.05, 0) is 59.3 Å². The maximum absolute atomic E-state index is 14.0. The van der Waals surface area contributed by atoms with Crippen LogP contribution < -0.4 is 0 Å². The molecule has 4 heteroatoms. The zero-order valence-corrected chi connectivity index (χ0v) is 12.8. The fourth-order valence-electron chi connectivity index (χ4n) is 2.20. The first-order valence-corrected chi connectivity index (χ1v) is 7.22. The SMILES string of the molecule is Cc1ccc2cc(C(=O)c3cccc(Br)c3F)ccc2n1. The van der Waals surface area contributed by atoms with Gasteiger partial charge in [-0.1, -0.05) is 12.1 Å². The molecule has 0 atom stereocenters. The van der Waals surface area contributed by atoms with Crippen LogP contribution in [0, 0.1) is 12.7 Å². The molecule has 0 amide bonds. The van der Waals surface area contributed by atoms with Crippen LogP contribution in [0.25, 0.3) is 10.9 Å². The van der Waals surface area contributed by atoms with Crippen molar-refractivity contribution in [3.8, 4) is 0 Å². The summed E-state index contributed by atoms with van der Waals surface area (Å²) >= 11 is 3.10. The number of carbonyl (C=O) groups is 1. The summed E-state index contributed by atoms with van der Waals surface area (Å²) in [7, 11) is 0. The molecule has 0 aliphatic rings. The maximum atomic E-state index is 14.0. The highest BCUT2D eigenvalue weighted by molar-refractivity contribution is 9.10. The third kappa shape index (κ3) is 2.59. The summed E-state index contributed by atoms with van der Waals surface area (Å²) in [6.07, 6.45) is 0. The van der Waals surface area contributed by atoms with E-state index < -0.39 is 5.82 Å². The first-order valence-electron chi connectivity index (χ1n) is 6.42. The molecule has 3 aromatic rings. The quantitative estimate of drug-likeness (QED) is 0.632. The van der Waals surface area contributed by atoms with Crippen LogP contribution in [-0.2, 0) is 0 Å².